The van der Waals surface area contributed by atoms with Crippen molar-refractivity contribution in [1.29, 1.82) is 0 Å². The molecular weight excluding hydrogens is 392 g/mol. The highest BCUT2D eigenvalue weighted by Crippen LogP contribution is 2.16. The zero-order valence-corrected chi connectivity index (χ0v) is 17.0. The van der Waals surface area contributed by atoms with Gasteiger partial charge in [0.25, 0.3) is 0 Å². The van der Waals surface area contributed by atoms with E-state index in [1.165, 1.54) is 0 Å². The molecule has 0 aliphatic carbocycles. The Labute approximate surface area is 163 Å². The van der Waals surface area contributed by atoms with E-state index in [0.717, 1.165) is 21.2 Å². The minimum Gasteiger partial charge on any atom is -0.355 e. The summed E-state index contributed by atoms with van der Waals surface area (Å²) in [5.74, 6) is -0.200. The Kier molecular flexibility index (Phi) is 7.39. The van der Waals surface area contributed by atoms with E-state index in [4.69, 9.17) is 0 Å². The number of nitrogens with one attached hydrogen (secondary N) is 1. The van der Waals surface area contributed by atoms with Crippen LogP contribution in [0.15, 0.2) is 53.0 Å². The summed E-state index contributed by atoms with van der Waals surface area (Å²) in [5.41, 5.74) is 3.05. The Morgan fingerprint density at radius 2 is 1.81 bits per heavy atom. The third kappa shape index (κ3) is 5.70. The van der Waals surface area contributed by atoms with E-state index in [1.54, 1.807) is 11.8 Å². The third-order valence-corrected chi connectivity index (χ3v) is 4.69. The van der Waals surface area contributed by atoms with Gasteiger partial charge in [-0.2, -0.15) is 0 Å². The fraction of sp³-hybridized carbons (Fsp3) is 0.333. The van der Waals surface area contributed by atoms with Crippen LogP contribution in [0.5, 0.6) is 0 Å². The molecule has 1 N–H and O–H groups in total. The van der Waals surface area contributed by atoms with Crippen LogP contribution in [0.4, 0.5) is 0 Å². The SMILES string of the molecule is CCNC(=O)[C@H](C)N(Cc1cccc(Br)c1)C(=O)Cc1cccc(C)c1. The number of nitrogens with zero attached hydrogens (tertiary/aromatic N) is 1. The molecular formula is C21H25BrN2O2. The lowest BCUT2D eigenvalue weighted by atomic mass is 10.1. The molecule has 0 aliphatic rings. The number of carbonyl (C=O) groups is 2. The summed E-state index contributed by atoms with van der Waals surface area (Å²) in [6.45, 7) is 6.59. The zero-order chi connectivity index (χ0) is 19.1. The van der Waals surface area contributed by atoms with Crippen molar-refractivity contribution in [2.75, 3.05) is 6.54 Å². The van der Waals surface area contributed by atoms with Gasteiger partial charge in [0.05, 0.1) is 6.42 Å². The first-order valence-electron chi connectivity index (χ1n) is 8.78. The molecule has 2 aromatic carbocycles. The Bertz CT molecular complexity index is 776. The van der Waals surface area contributed by atoms with E-state index in [9.17, 15) is 9.59 Å². The van der Waals surface area contributed by atoms with Gasteiger partial charge in [0.1, 0.15) is 6.04 Å². The predicted octanol–water partition coefficient (Wildman–Crippen LogP) is 3.85. The molecule has 0 radical (unpaired) electrons. The molecule has 0 unspecified atom stereocenters. The normalized spacial score (nSPS) is 11.7. The van der Waals surface area contributed by atoms with Gasteiger partial charge in [0.15, 0.2) is 0 Å². The maximum Gasteiger partial charge on any atom is 0.242 e. The van der Waals surface area contributed by atoms with E-state index in [1.807, 2.05) is 62.4 Å². The lowest BCUT2D eigenvalue weighted by Gasteiger charge is -2.29. The monoisotopic (exact) mass is 416 g/mol. The fourth-order valence-electron chi connectivity index (χ4n) is 2.83. The number of carbonyl (C=O) groups excluding carboxylic acids is 2. The molecule has 0 bridgehead atoms. The molecule has 0 spiro atoms. The van der Waals surface area contributed by atoms with Gasteiger partial charge in [-0.25, -0.2) is 0 Å². The van der Waals surface area contributed by atoms with Crippen LogP contribution in [0.2, 0.25) is 0 Å². The van der Waals surface area contributed by atoms with Crippen molar-refractivity contribution >= 4 is 27.7 Å². The first-order valence-corrected chi connectivity index (χ1v) is 9.57. The highest BCUT2D eigenvalue weighted by Gasteiger charge is 2.25. The highest BCUT2D eigenvalue weighted by molar-refractivity contribution is 9.10. The minimum absolute atomic E-state index is 0.0608. The van der Waals surface area contributed by atoms with Gasteiger partial charge in [0, 0.05) is 17.6 Å². The van der Waals surface area contributed by atoms with E-state index in [0.29, 0.717) is 13.1 Å². The summed E-state index contributed by atoms with van der Waals surface area (Å²) >= 11 is 3.46. The van der Waals surface area contributed by atoms with Gasteiger partial charge in [-0.05, 0) is 44.0 Å². The zero-order valence-electron chi connectivity index (χ0n) is 15.5. The third-order valence-electron chi connectivity index (χ3n) is 4.20. The van der Waals surface area contributed by atoms with Crippen molar-refractivity contribution in [2.45, 2.75) is 39.8 Å². The van der Waals surface area contributed by atoms with Crippen molar-refractivity contribution in [1.82, 2.24) is 10.2 Å². The van der Waals surface area contributed by atoms with E-state index < -0.39 is 6.04 Å². The van der Waals surface area contributed by atoms with Crippen molar-refractivity contribution in [2.24, 2.45) is 0 Å². The summed E-state index contributed by atoms with van der Waals surface area (Å²) in [6, 6.07) is 15.2. The van der Waals surface area contributed by atoms with Crippen molar-refractivity contribution < 1.29 is 9.59 Å². The van der Waals surface area contributed by atoms with Crippen LogP contribution in [-0.2, 0) is 22.6 Å². The second-order valence-corrected chi connectivity index (χ2v) is 7.30. The minimum atomic E-state index is -0.536. The smallest absolute Gasteiger partial charge is 0.242 e. The summed E-state index contributed by atoms with van der Waals surface area (Å²) in [7, 11) is 0. The number of halogens is 1. The highest BCUT2D eigenvalue weighted by atomic mass is 79.9. The molecule has 2 rings (SSSR count). The van der Waals surface area contributed by atoms with Crippen LogP contribution >= 0.6 is 15.9 Å². The average Bonchev–Trinajstić information content (AvgIpc) is 2.59. The maximum absolute atomic E-state index is 13.0. The lowest BCUT2D eigenvalue weighted by molar-refractivity contribution is -0.140. The second kappa shape index (κ2) is 9.53. The van der Waals surface area contributed by atoms with Gasteiger partial charge in [-0.15, -0.1) is 0 Å². The number of rotatable bonds is 7. The average molecular weight is 417 g/mol. The Hall–Kier alpha value is -2.14. The molecule has 0 fully saturated rings. The Morgan fingerprint density at radius 1 is 1.12 bits per heavy atom. The molecule has 1 atom stereocenters. The van der Waals surface area contributed by atoms with Crippen molar-refractivity contribution in [3.05, 3.63) is 69.7 Å². The molecule has 0 saturated carbocycles. The standard InChI is InChI=1S/C21H25BrN2O2/c1-4-23-21(26)16(3)24(14-18-9-6-10-19(22)12-18)20(25)13-17-8-5-7-15(2)11-17/h5-12,16H,4,13-14H2,1-3H3,(H,23,26)/t16-/m0/s1. The molecule has 2 aromatic rings. The van der Waals surface area contributed by atoms with Crippen LogP contribution in [0.3, 0.4) is 0 Å². The summed E-state index contributed by atoms with van der Waals surface area (Å²) < 4.78 is 0.951. The fourth-order valence-corrected chi connectivity index (χ4v) is 3.28. The number of aryl methyl sites for hydroxylation is 1. The Balaban J connectivity index is 2.23. The van der Waals surface area contributed by atoms with E-state index in [2.05, 4.69) is 21.2 Å². The summed E-state index contributed by atoms with van der Waals surface area (Å²) in [6.07, 6.45) is 0.277. The van der Waals surface area contributed by atoms with Gasteiger partial charge in [-0.1, -0.05) is 57.9 Å². The molecule has 5 heteroatoms. The largest absolute Gasteiger partial charge is 0.355 e. The second-order valence-electron chi connectivity index (χ2n) is 6.39. The molecule has 138 valence electrons. The van der Waals surface area contributed by atoms with Gasteiger partial charge in [0.2, 0.25) is 11.8 Å². The molecule has 26 heavy (non-hydrogen) atoms. The quantitative estimate of drug-likeness (QED) is 0.744. The van der Waals surface area contributed by atoms with Crippen LogP contribution in [0, 0.1) is 6.92 Å². The molecule has 0 aromatic heterocycles. The summed E-state index contributed by atoms with van der Waals surface area (Å²) in [5, 5.41) is 2.81. The van der Waals surface area contributed by atoms with E-state index >= 15 is 0 Å². The summed E-state index contributed by atoms with van der Waals surface area (Å²) in [4.78, 5) is 27.0. The lowest BCUT2D eigenvalue weighted by Crippen LogP contribution is -2.48. The van der Waals surface area contributed by atoms with Gasteiger partial charge >= 0.3 is 0 Å². The first-order chi connectivity index (χ1) is 12.4. The number of hydrogen-bond donors (Lipinski definition) is 1. The Morgan fingerprint density at radius 3 is 2.46 bits per heavy atom. The number of hydrogen-bond acceptors (Lipinski definition) is 2. The van der Waals surface area contributed by atoms with Crippen molar-refractivity contribution in [3.63, 3.8) is 0 Å². The van der Waals surface area contributed by atoms with Crippen LogP contribution < -0.4 is 5.32 Å². The van der Waals surface area contributed by atoms with Crippen molar-refractivity contribution in [3.8, 4) is 0 Å². The van der Waals surface area contributed by atoms with Crippen LogP contribution in [0.25, 0.3) is 0 Å². The number of amides is 2. The van der Waals surface area contributed by atoms with Crippen LogP contribution in [0.1, 0.15) is 30.5 Å². The topological polar surface area (TPSA) is 49.4 Å². The molecule has 4 nitrogen and oxygen atoms in total. The first kappa shape index (κ1) is 20.2. The number of benzene rings is 2. The van der Waals surface area contributed by atoms with Gasteiger partial charge < -0.3 is 10.2 Å². The van der Waals surface area contributed by atoms with E-state index in [-0.39, 0.29) is 18.2 Å². The van der Waals surface area contributed by atoms with Gasteiger partial charge in [-0.3, -0.25) is 9.59 Å². The molecule has 0 heterocycles. The molecule has 0 aliphatic heterocycles. The van der Waals surface area contributed by atoms with Crippen LogP contribution in [-0.4, -0.2) is 29.3 Å². The number of likely N-dealkylation sites (N-methyl/N-ethyl adjacent to an activating group) is 1. The predicted molar refractivity (Wildman–Crippen MR) is 108 cm³/mol. The molecule has 2 amide bonds. The maximum atomic E-state index is 13.0. The molecule has 0 saturated heterocycles.